The van der Waals surface area contributed by atoms with Gasteiger partial charge in [-0.05, 0) is 24.3 Å². The Balaban J connectivity index is 1.87. The van der Waals surface area contributed by atoms with Crippen LogP contribution in [0.2, 0.25) is 5.15 Å². The fourth-order valence-corrected chi connectivity index (χ4v) is 2.45. The zero-order chi connectivity index (χ0) is 18.9. The molecule has 0 aliphatic heterocycles. The first-order valence-electron chi connectivity index (χ1n) is 7.08. The van der Waals surface area contributed by atoms with E-state index in [1.807, 2.05) is 0 Å². The second-order valence-corrected chi connectivity index (χ2v) is 5.49. The highest BCUT2D eigenvalue weighted by Gasteiger charge is 2.31. The molecule has 3 rings (SSSR count). The number of ether oxygens (including phenoxy) is 1. The molecule has 6 nitrogen and oxygen atoms in total. The van der Waals surface area contributed by atoms with Crippen molar-refractivity contribution in [1.82, 2.24) is 10.2 Å². The average molecular weight is 384 g/mol. The quantitative estimate of drug-likeness (QED) is 0.722. The Morgan fingerprint density at radius 2 is 1.92 bits per heavy atom. The number of fused-ring (bicyclic) bond motifs is 1. The van der Waals surface area contributed by atoms with Crippen LogP contribution in [0.15, 0.2) is 47.3 Å². The summed E-state index contributed by atoms with van der Waals surface area (Å²) in [6.07, 6.45) is -4.84. The van der Waals surface area contributed by atoms with Gasteiger partial charge in [0.25, 0.3) is 11.5 Å². The number of H-pyrrole nitrogens is 1. The van der Waals surface area contributed by atoms with Crippen LogP contribution in [0, 0.1) is 0 Å². The van der Waals surface area contributed by atoms with E-state index in [9.17, 15) is 22.8 Å². The van der Waals surface area contributed by atoms with Gasteiger partial charge in [0.2, 0.25) is 0 Å². The predicted molar refractivity (Wildman–Crippen MR) is 88.5 cm³/mol. The highest BCUT2D eigenvalue weighted by molar-refractivity contribution is 6.34. The number of aromatic nitrogens is 2. The molecule has 0 saturated carbocycles. The molecule has 0 atom stereocenters. The summed E-state index contributed by atoms with van der Waals surface area (Å²) in [6.45, 7) is 0. The molecule has 0 radical (unpaired) electrons. The molecule has 0 spiro atoms. The minimum absolute atomic E-state index is 0.0727. The van der Waals surface area contributed by atoms with Crippen molar-refractivity contribution in [3.63, 3.8) is 0 Å². The van der Waals surface area contributed by atoms with Crippen molar-refractivity contribution in [1.29, 1.82) is 0 Å². The number of anilines is 1. The van der Waals surface area contributed by atoms with E-state index in [0.29, 0.717) is 5.39 Å². The molecule has 1 heterocycles. The summed E-state index contributed by atoms with van der Waals surface area (Å²) in [7, 11) is 0. The first-order valence-corrected chi connectivity index (χ1v) is 7.46. The SMILES string of the molecule is O=C(Nc1cccc(OC(F)(F)F)c1)c1ccc2c(Cl)n[nH]c(=O)c2c1. The number of benzene rings is 2. The van der Waals surface area contributed by atoms with Gasteiger partial charge in [0.1, 0.15) is 5.75 Å². The minimum Gasteiger partial charge on any atom is -0.406 e. The third kappa shape index (κ3) is 3.94. The maximum absolute atomic E-state index is 12.3. The maximum Gasteiger partial charge on any atom is 0.573 e. The lowest BCUT2D eigenvalue weighted by atomic mass is 10.1. The third-order valence-corrected chi connectivity index (χ3v) is 3.62. The molecule has 0 aliphatic carbocycles. The lowest BCUT2D eigenvalue weighted by molar-refractivity contribution is -0.274. The molecule has 2 N–H and O–H groups in total. The molecular weight excluding hydrogens is 375 g/mol. The van der Waals surface area contributed by atoms with Crippen LogP contribution >= 0.6 is 11.6 Å². The Morgan fingerprint density at radius 3 is 2.65 bits per heavy atom. The van der Waals surface area contributed by atoms with Gasteiger partial charge in [-0.25, -0.2) is 5.10 Å². The van der Waals surface area contributed by atoms with E-state index in [-0.39, 0.29) is 21.8 Å². The molecule has 0 bridgehead atoms. The molecule has 0 saturated heterocycles. The molecular formula is C16H9ClF3N3O3. The highest BCUT2D eigenvalue weighted by atomic mass is 35.5. The van der Waals surface area contributed by atoms with E-state index >= 15 is 0 Å². The number of amides is 1. The molecule has 26 heavy (non-hydrogen) atoms. The summed E-state index contributed by atoms with van der Waals surface area (Å²) in [6, 6.07) is 9.02. The topological polar surface area (TPSA) is 84.1 Å². The van der Waals surface area contributed by atoms with Crippen LogP contribution in [0.5, 0.6) is 5.75 Å². The number of nitrogens with zero attached hydrogens (tertiary/aromatic N) is 1. The van der Waals surface area contributed by atoms with Gasteiger partial charge in [-0.1, -0.05) is 23.7 Å². The number of nitrogens with one attached hydrogen (secondary N) is 2. The second-order valence-electron chi connectivity index (χ2n) is 5.13. The van der Waals surface area contributed by atoms with Crippen molar-refractivity contribution in [3.05, 3.63) is 63.5 Å². The molecule has 2 aromatic carbocycles. The Labute approximate surface area is 148 Å². The summed E-state index contributed by atoms with van der Waals surface area (Å²) in [5.74, 6) is -1.09. The Kier molecular flexibility index (Phi) is 4.56. The van der Waals surface area contributed by atoms with Crippen LogP contribution in [0.4, 0.5) is 18.9 Å². The summed E-state index contributed by atoms with van der Waals surface area (Å²) in [5.41, 5.74) is -0.314. The first kappa shape index (κ1) is 17.7. The Bertz CT molecular complexity index is 1050. The van der Waals surface area contributed by atoms with Gasteiger partial charge in [-0.3, -0.25) is 9.59 Å². The third-order valence-electron chi connectivity index (χ3n) is 3.33. The highest BCUT2D eigenvalue weighted by Crippen LogP contribution is 2.25. The molecule has 0 unspecified atom stereocenters. The smallest absolute Gasteiger partial charge is 0.406 e. The van der Waals surface area contributed by atoms with Gasteiger partial charge in [-0.2, -0.15) is 5.10 Å². The summed E-state index contributed by atoms with van der Waals surface area (Å²) < 4.78 is 40.6. The van der Waals surface area contributed by atoms with Crippen molar-refractivity contribution in [2.24, 2.45) is 0 Å². The van der Waals surface area contributed by atoms with Crippen molar-refractivity contribution in [2.75, 3.05) is 5.32 Å². The molecule has 134 valence electrons. The van der Waals surface area contributed by atoms with Crippen LogP contribution in [-0.2, 0) is 0 Å². The molecule has 1 amide bonds. The van der Waals surface area contributed by atoms with E-state index in [0.717, 1.165) is 12.1 Å². The molecule has 3 aromatic rings. The molecule has 1 aromatic heterocycles. The fourth-order valence-electron chi connectivity index (χ4n) is 2.25. The van der Waals surface area contributed by atoms with Crippen LogP contribution in [0.1, 0.15) is 10.4 Å². The molecule has 0 fully saturated rings. The van der Waals surface area contributed by atoms with Gasteiger partial charge in [0.05, 0.1) is 5.39 Å². The number of aromatic amines is 1. The average Bonchev–Trinajstić information content (AvgIpc) is 2.57. The number of rotatable bonds is 3. The van der Waals surface area contributed by atoms with Crippen LogP contribution in [0.25, 0.3) is 10.8 Å². The minimum atomic E-state index is -4.84. The number of hydrogen-bond acceptors (Lipinski definition) is 4. The Morgan fingerprint density at radius 1 is 1.15 bits per heavy atom. The van der Waals surface area contributed by atoms with Crippen molar-refractivity contribution in [3.8, 4) is 5.75 Å². The van der Waals surface area contributed by atoms with E-state index in [2.05, 4.69) is 20.3 Å². The van der Waals surface area contributed by atoms with Crippen LogP contribution in [0.3, 0.4) is 0 Å². The fraction of sp³-hybridized carbons (Fsp3) is 0.0625. The largest absolute Gasteiger partial charge is 0.573 e. The Hall–Kier alpha value is -3.07. The lowest BCUT2D eigenvalue weighted by Gasteiger charge is -2.11. The number of halogens is 4. The zero-order valence-electron chi connectivity index (χ0n) is 12.7. The van der Waals surface area contributed by atoms with E-state index in [4.69, 9.17) is 11.6 Å². The summed E-state index contributed by atoms with van der Waals surface area (Å²) >= 11 is 5.87. The van der Waals surface area contributed by atoms with Gasteiger partial charge >= 0.3 is 6.36 Å². The van der Waals surface area contributed by atoms with E-state index in [1.165, 1.54) is 30.3 Å². The van der Waals surface area contributed by atoms with Gasteiger partial charge < -0.3 is 10.1 Å². The normalized spacial score (nSPS) is 11.4. The van der Waals surface area contributed by atoms with Crippen molar-refractivity contribution >= 4 is 34.0 Å². The molecule has 10 heteroatoms. The monoisotopic (exact) mass is 383 g/mol. The molecule has 0 aliphatic rings. The van der Waals surface area contributed by atoms with Crippen molar-refractivity contribution < 1.29 is 22.7 Å². The summed E-state index contributed by atoms with van der Waals surface area (Å²) in [5, 5.41) is 8.84. The zero-order valence-corrected chi connectivity index (χ0v) is 13.5. The maximum atomic E-state index is 12.3. The van der Waals surface area contributed by atoms with Gasteiger partial charge in [0, 0.05) is 22.7 Å². The number of hydrogen-bond donors (Lipinski definition) is 2. The lowest BCUT2D eigenvalue weighted by Crippen LogP contribution is -2.17. The van der Waals surface area contributed by atoms with Crippen molar-refractivity contribution in [2.45, 2.75) is 6.36 Å². The first-order chi connectivity index (χ1) is 12.2. The standard InChI is InChI=1S/C16H9ClF3N3O3/c17-13-11-5-4-8(6-12(11)15(25)23-22-13)14(24)21-9-2-1-3-10(7-9)26-16(18,19)20/h1-7H,(H,21,24)(H,23,25). The van der Waals surface area contributed by atoms with E-state index in [1.54, 1.807) is 0 Å². The number of carbonyl (C=O) groups is 1. The predicted octanol–water partition coefficient (Wildman–Crippen LogP) is 3.73. The van der Waals surface area contributed by atoms with Gasteiger partial charge in [-0.15, -0.1) is 13.2 Å². The van der Waals surface area contributed by atoms with Gasteiger partial charge in [0.15, 0.2) is 5.15 Å². The summed E-state index contributed by atoms with van der Waals surface area (Å²) in [4.78, 5) is 24.1. The van der Waals surface area contributed by atoms with Crippen LogP contribution in [-0.4, -0.2) is 22.5 Å². The number of alkyl halides is 3. The van der Waals surface area contributed by atoms with Crippen LogP contribution < -0.4 is 15.6 Å². The second kappa shape index (κ2) is 6.68. The van der Waals surface area contributed by atoms with E-state index < -0.39 is 23.6 Å². The number of carbonyl (C=O) groups excluding carboxylic acids is 1.